The first-order valence-corrected chi connectivity index (χ1v) is 5.99. The number of hydrogen-bond acceptors (Lipinski definition) is 3. The summed E-state index contributed by atoms with van der Waals surface area (Å²) in [6, 6.07) is 4.06. The highest BCUT2D eigenvalue weighted by atomic mass is 79.9. The first-order valence-electron chi connectivity index (χ1n) is 5.19. The van der Waals surface area contributed by atoms with Gasteiger partial charge in [-0.3, -0.25) is 0 Å². The van der Waals surface area contributed by atoms with Crippen molar-refractivity contribution in [1.82, 2.24) is 4.98 Å². The molecule has 1 N–H and O–H groups in total. The average Bonchev–Trinajstić information content (AvgIpc) is 2.70. The quantitative estimate of drug-likeness (QED) is 0.893. The first kappa shape index (κ1) is 10.9. The van der Waals surface area contributed by atoms with E-state index in [9.17, 15) is 0 Å². The molecule has 0 radical (unpaired) electrons. The second-order valence-corrected chi connectivity index (χ2v) is 4.87. The van der Waals surface area contributed by atoms with Gasteiger partial charge in [-0.2, -0.15) is 0 Å². The van der Waals surface area contributed by atoms with Crippen molar-refractivity contribution in [2.75, 3.05) is 24.6 Å². The van der Waals surface area contributed by atoms with Crippen molar-refractivity contribution in [3.63, 3.8) is 0 Å². The summed E-state index contributed by atoms with van der Waals surface area (Å²) >= 11 is 3.44. The summed E-state index contributed by atoms with van der Waals surface area (Å²) in [4.78, 5) is 6.76. The highest BCUT2D eigenvalue weighted by Crippen LogP contribution is 2.24. The molecule has 0 amide bonds. The summed E-state index contributed by atoms with van der Waals surface area (Å²) in [6.07, 6.45) is 1.06. The topological polar surface area (TPSA) is 36.4 Å². The monoisotopic (exact) mass is 270 g/mol. The fourth-order valence-electron chi connectivity index (χ4n) is 1.90. The molecule has 2 rings (SSSR count). The predicted molar refractivity (Wildman–Crippen MR) is 64.1 cm³/mol. The van der Waals surface area contributed by atoms with Gasteiger partial charge < -0.3 is 10.0 Å². The van der Waals surface area contributed by atoms with Gasteiger partial charge in [0, 0.05) is 30.1 Å². The number of nitrogens with zero attached hydrogens (tertiary/aromatic N) is 2. The molecule has 3 nitrogen and oxygen atoms in total. The summed E-state index contributed by atoms with van der Waals surface area (Å²) in [5.74, 6) is 1.43. The summed E-state index contributed by atoms with van der Waals surface area (Å²) in [7, 11) is 0. The van der Waals surface area contributed by atoms with E-state index in [4.69, 9.17) is 5.11 Å². The van der Waals surface area contributed by atoms with E-state index in [0.29, 0.717) is 5.92 Å². The van der Waals surface area contributed by atoms with Gasteiger partial charge in [0.1, 0.15) is 5.82 Å². The Balaban J connectivity index is 2.13. The molecule has 2 heterocycles. The second kappa shape index (κ2) is 4.49. The lowest BCUT2D eigenvalue weighted by molar-refractivity contribution is 0.238. The van der Waals surface area contributed by atoms with Crippen molar-refractivity contribution in [3.8, 4) is 0 Å². The standard InChI is InChI=1S/C11H15BrN2O/c1-8-10(12)2-3-11(13-8)14-5-4-9(6-14)7-15/h2-3,9,15H,4-7H2,1H3. The normalized spacial score (nSPS) is 21.0. The molecule has 1 aromatic rings. The van der Waals surface area contributed by atoms with E-state index in [0.717, 1.165) is 35.5 Å². The molecular formula is C11H15BrN2O. The zero-order valence-electron chi connectivity index (χ0n) is 8.78. The zero-order valence-corrected chi connectivity index (χ0v) is 10.4. The lowest BCUT2D eigenvalue weighted by Gasteiger charge is -2.17. The highest BCUT2D eigenvalue weighted by molar-refractivity contribution is 9.10. The minimum atomic E-state index is 0.284. The average molecular weight is 271 g/mol. The number of anilines is 1. The molecule has 1 aliphatic heterocycles. The minimum absolute atomic E-state index is 0.284. The largest absolute Gasteiger partial charge is 0.396 e. The molecule has 1 atom stereocenters. The highest BCUT2D eigenvalue weighted by Gasteiger charge is 2.22. The predicted octanol–water partition coefficient (Wildman–Crippen LogP) is 1.97. The van der Waals surface area contributed by atoms with Gasteiger partial charge >= 0.3 is 0 Å². The number of hydrogen-bond donors (Lipinski definition) is 1. The molecule has 1 fully saturated rings. The molecule has 0 spiro atoms. The van der Waals surface area contributed by atoms with Crippen LogP contribution < -0.4 is 4.90 Å². The molecule has 1 aliphatic rings. The van der Waals surface area contributed by atoms with Gasteiger partial charge in [0.05, 0.1) is 5.69 Å². The number of aryl methyl sites for hydroxylation is 1. The molecular weight excluding hydrogens is 256 g/mol. The Bertz CT molecular complexity index is 356. The van der Waals surface area contributed by atoms with Crippen molar-refractivity contribution in [2.45, 2.75) is 13.3 Å². The van der Waals surface area contributed by atoms with Gasteiger partial charge in [0.2, 0.25) is 0 Å². The van der Waals surface area contributed by atoms with Crippen LogP contribution in [-0.4, -0.2) is 29.8 Å². The third-order valence-electron chi connectivity index (χ3n) is 2.87. The Morgan fingerprint density at radius 3 is 3.00 bits per heavy atom. The van der Waals surface area contributed by atoms with Crippen LogP contribution in [0, 0.1) is 12.8 Å². The molecule has 1 aromatic heterocycles. The number of aromatic nitrogens is 1. The van der Waals surface area contributed by atoms with Crippen LogP contribution in [0.15, 0.2) is 16.6 Å². The Kier molecular flexibility index (Phi) is 3.26. The number of aliphatic hydroxyl groups excluding tert-OH is 1. The zero-order chi connectivity index (χ0) is 10.8. The van der Waals surface area contributed by atoms with E-state index in [1.54, 1.807) is 0 Å². The molecule has 82 valence electrons. The van der Waals surface area contributed by atoms with Crippen LogP contribution in [0.5, 0.6) is 0 Å². The van der Waals surface area contributed by atoms with E-state index in [2.05, 4.69) is 25.8 Å². The summed E-state index contributed by atoms with van der Waals surface area (Å²) < 4.78 is 1.05. The summed E-state index contributed by atoms with van der Waals surface area (Å²) in [5.41, 5.74) is 1.01. The van der Waals surface area contributed by atoms with E-state index in [1.165, 1.54) is 0 Å². The van der Waals surface area contributed by atoms with Crippen molar-refractivity contribution < 1.29 is 5.11 Å². The molecule has 0 aliphatic carbocycles. The SMILES string of the molecule is Cc1nc(N2CCC(CO)C2)ccc1Br. The Labute approximate surface area is 98.3 Å². The van der Waals surface area contributed by atoms with Gasteiger partial charge in [-0.25, -0.2) is 4.98 Å². The summed E-state index contributed by atoms with van der Waals surface area (Å²) in [5, 5.41) is 9.07. The van der Waals surface area contributed by atoms with Crippen molar-refractivity contribution >= 4 is 21.7 Å². The van der Waals surface area contributed by atoms with Crippen molar-refractivity contribution in [3.05, 3.63) is 22.3 Å². The van der Waals surface area contributed by atoms with E-state index >= 15 is 0 Å². The number of halogens is 1. The molecule has 0 bridgehead atoms. The third-order valence-corrected chi connectivity index (χ3v) is 3.71. The van der Waals surface area contributed by atoms with Crippen LogP contribution in [0.4, 0.5) is 5.82 Å². The Hall–Kier alpha value is -0.610. The van der Waals surface area contributed by atoms with Crippen LogP contribution in [0.3, 0.4) is 0 Å². The number of aliphatic hydroxyl groups is 1. The smallest absolute Gasteiger partial charge is 0.128 e. The molecule has 15 heavy (non-hydrogen) atoms. The molecule has 1 saturated heterocycles. The fraction of sp³-hybridized carbons (Fsp3) is 0.545. The maximum Gasteiger partial charge on any atom is 0.128 e. The van der Waals surface area contributed by atoms with Gasteiger partial charge in [0.15, 0.2) is 0 Å². The van der Waals surface area contributed by atoms with Crippen LogP contribution >= 0.6 is 15.9 Å². The number of rotatable bonds is 2. The Morgan fingerprint density at radius 2 is 2.40 bits per heavy atom. The third kappa shape index (κ3) is 2.32. The fourth-order valence-corrected chi connectivity index (χ4v) is 2.12. The maximum absolute atomic E-state index is 9.07. The minimum Gasteiger partial charge on any atom is -0.396 e. The van der Waals surface area contributed by atoms with Crippen LogP contribution in [0.2, 0.25) is 0 Å². The van der Waals surface area contributed by atoms with Crippen molar-refractivity contribution in [1.29, 1.82) is 0 Å². The van der Waals surface area contributed by atoms with Gasteiger partial charge in [-0.05, 0) is 41.4 Å². The molecule has 0 aromatic carbocycles. The van der Waals surface area contributed by atoms with Gasteiger partial charge in [0.25, 0.3) is 0 Å². The lowest BCUT2D eigenvalue weighted by Crippen LogP contribution is -2.21. The van der Waals surface area contributed by atoms with Gasteiger partial charge in [-0.15, -0.1) is 0 Å². The first-order chi connectivity index (χ1) is 7.20. The molecule has 0 saturated carbocycles. The van der Waals surface area contributed by atoms with E-state index in [-0.39, 0.29) is 6.61 Å². The molecule has 4 heteroatoms. The van der Waals surface area contributed by atoms with E-state index in [1.807, 2.05) is 19.1 Å². The van der Waals surface area contributed by atoms with E-state index < -0.39 is 0 Å². The van der Waals surface area contributed by atoms with Crippen LogP contribution in [0.25, 0.3) is 0 Å². The molecule has 1 unspecified atom stereocenters. The van der Waals surface area contributed by atoms with Gasteiger partial charge in [-0.1, -0.05) is 0 Å². The van der Waals surface area contributed by atoms with Crippen LogP contribution in [0.1, 0.15) is 12.1 Å². The Morgan fingerprint density at radius 1 is 1.60 bits per heavy atom. The number of pyridine rings is 1. The lowest BCUT2D eigenvalue weighted by atomic mass is 10.1. The second-order valence-electron chi connectivity index (χ2n) is 4.02. The van der Waals surface area contributed by atoms with Crippen molar-refractivity contribution in [2.24, 2.45) is 5.92 Å². The van der Waals surface area contributed by atoms with Crippen LogP contribution in [-0.2, 0) is 0 Å². The summed E-state index contributed by atoms with van der Waals surface area (Å²) in [6.45, 7) is 4.20. The maximum atomic E-state index is 9.07.